The number of nitrogens with zero attached hydrogens (tertiary/aromatic N) is 2. The van der Waals surface area contributed by atoms with Gasteiger partial charge < -0.3 is 24.7 Å². The predicted octanol–water partition coefficient (Wildman–Crippen LogP) is -0.651. The number of carboxylic acid groups (broad SMARTS) is 1. The number of aliphatic carboxylic acids is 1. The molecular weight excluding hydrogens is 240 g/mol. The van der Waals surface area contributed by atoms with Crippen LogP contribution in [0.4, 0.5) is 4.79 Å². The fourth-order valence-corrected chi connectivity index (χ4v) is 2.33. The minimum atomic E-state index is -1.06. The summed E-state index contributed by atoms with van der Waals surface area (Å²) in [6, 6.07) is -1.26. The van der Waals surface area contributed by atoms with Gasteiger partial charge in [-0.25, -0.2) is 9.59 Å². The van der Waals surface area contributed by atoms with Crippen molar-refractivity contribution in [3.8, 4) is 0 Å². The van der Waals surface area contributed by atoms with Crippen molar-refractivity contribution >= 4 is 12.0 Å². The standard InChI is InChI=1S/C11H18N2O5/c1-11(17)2-3-12(7-11)10(16)13-4-5-18-6-8(13)9(14)15/h8,17H,2-7H2,1H3,(H,14,15). The van der Waals surface area contributed by atoms with E-state index in [1.807, 2.05) is 0 Å². The topological polar surface area (TPSA) is 90.3 Å². The van der Waals surface area contributed by atoms with Gasteiger partial charge in [0, 0.05) is 13.1 Å². The Morgan fingerprint density at radius 1 is 1.39 bits per heavy atom. The van der Waals surface area contributed by atoms with Crippen molar-refractivity contribution in [3.63, 3.8) is 0 Å². The van der Waals surface area contributed by atoms with Crippen molar-refractivity contribution in [2.24, 2.45) is 0 Å². The number of β-amino-alcohol motifs (C(OH)–C–C–N with tert-alkyl or cyclic N) is 1. The molecule has 0 aliphatic carbocycles. The maximum Gasteiger partial charge on any atom is 0.328 e. The number of carbonyl (C=O) groups is 2. The molecule has 18 heavy (non-hydrogen) atoms. The van der Waals surface area contributed by atoms with Gasteiger partial charge in [-0.1, -0.05) is 0 Å². The molecule has 0 aromatic heterocycles. The SMILES string of the molecule is CC1(O)CCN(C(=O)N2CCOCC2C(=O)O)C1. The summed E-state index contributed by atoms with van der Waals surface area (Å²) >= 11 is 0. The summed E-state index contributed by atoms with van der Waals surface area (Å²) in [4.78, 5) is 26.1. The molecule has 0 saturated carbocycles. The summed E-state index contributed by atoms with van der Waals surface area (Å²) < 4.78 is 5.08. The zero-order valence-corrected chi connectivity index (χ0v) is 10.3. The Morgan fingerprint density at radius 2 is 2.11 bits per heavy atom. The summed E-state index contributed by atoms with van der Waals surface area (Å²) in [5, 5.41) is 18.9. The van der Waals surface area contributed by atoms with Gasteiger partial charge in [0.1, 0.15) is 0 Å². The lowest BCUT2D eigenvalue weighted by atomic mass is 10.1. The van der Waals surface area contributed by atoms with Gasteiger partial charge in [-0.3, -0.25) is 0 Å². The van der Waals surface area contributed by atoms with E-state index in [1.165, 1.54) is 9.80 Å². The Balaban J connectivity index is 2.05. The Morgan fingerprint density at radius 3 is 2.67 bits per heavy atom. The van der Waals surface area contributed by atoms with E-state index in [2.05, 4.69) is 0 Å². The van der Waals surface area contributed by atoms with Crippen LogP contribution in [-0.2, 0) is 9.53 Å². The number of morpholine rings is 1. The molecule has 2 fully saturated rings. The van der Waals surface area contributed by atoms with E-state index in [1.54, 1.807) is 6.92 Å². The molecule has 0 radical (unpaired) electrons. The second-order valence-corrected chi connectivity index (χ2v) is 5.07. The molecule has 102 valence electrons. The molecule has 2 aliphatic heterocycles. The molecule has 0 aromatic carbocycles. The number of rotatable bonds is 1. The van der Waals surface area contributed by atoms with Crippen molar-refractivity contribution < 1.29 is 24.5 Å². The van der Waals surface area contributed by atoms with Gasteiger partial charge in [0.25, 0.3) is 0 Å². The highest BCUT2D eigenvalue weighted by Gasteiger charge is 2.40. The van der Waals surface area contributed by atoms with Crippen molar-refractivity contribution in [3.05, 3.63) is 0 Å². The van der Waals surface area contributed by atoms with Crippen molar-refractivity contribution in [1.82, 2.24) is 9.80 Å². The van der Waals surface area contributed by atoms with Gasteiger partial charge >= 0.3 is 12.0 Å². The molecule has 2 saturated heterocycles. The Labute approximate surface area is 105 Å². The van der Waals surface area contributed by atoms with E-state index >= 15 is 0 Å². The number of hydrogen-bond donors (Lipinski definition) is 2. The zero-order chi connectivity index (χ0) is 13.3. The largest absolute Gasteiger partial charge is 0.480 e. The second-order valence-electron chi connectivity index (χ2n) is 5.07. The summed E-state index contributed by atoms with van der Waals surface area (Å²) in [5.41, 5.74) is -0.874. The lowest BCUT2D eigenvalue weighted by molar-refractivity contribution is -0.147. The van der Waals surface area contributed by atoms with E-state index in [-0.39, 0.29) is 25.7 Å². The Hall–Kier alpha value is -1.34. The van der Waals surface area contributed by atoms with Crippen LogP contribution in [0.25, 0.3) is 0 Å². The van der Waals surface area contributed by atoms with Crippen LogP contribution in [0.2, 0.25) is 0 Å². The highest BCUT2D eigenvalue weighted by atomic mass is 16.5. The van der Waals surface area contributed by atoms with Gasteiger partial charge in [0.15, 0.2) is 6.04 Å². The smallest absolute Gasteiger partial charge is 0.328 e. The molecule has 2 atom stereocenters. The quantitative estimate of drug-likeness (QED) is 0.652. The average molecular weight is 258 g/mol. The van der Waals surface area contributed by atoms with Crippen LogP contribution >= 0.6 is 0 Å². The highest BCUT2D eigenvalue weighted by molar-refractivity contribution is 5.83. The molecule has 2 aliphatic rings. The minimum Gasteiger partial charge on any atom is -0.480 e. The number of amides is 2. The van der Waals surface area contributed by atoms with Crippen LogP contribution in [0, 0.1) is 0 Å². The Bertz CT molecular complexity index is 357. The van der Waals surface area contributed by atoms with Gasteiger partial charge in [0.05, 0.1) is 25.4 Å². The molecule has 2 unspecified atom stereocenters. The summed E-state index contributed by atoms with van der Waals surface area (Å²) in [6.07, 6.45) is 0.515. The molecule has 2 rings (SSSR count). The maximum absolute atomic E-state index is 12.2. The van der Waals surface area contributed by atoms with Crippen molar-refractivity contribution in [2.45, 2.75) is 25.0 Å². The van der Waals surface area contributed by atoms with Crippen LogP contribution in [0.15, 0.2) is 0 Å². The number of likely N-dealkylation sites (tertiary alicyclic amines) is 1. The number of carboxylic acids is 1. The molecule has 2 N–H and O–H groups in total. The fraction of sp³-hybridized carbons (Fsp3) is 0.818. The molecule has 0 spiro atoms. The lowest BCUT2D eigenvalue weighted by Gasteiger charge is -2.35. The molecule has 2 heterocycles. The number of urea groups is 1. The average Bonchev–Trinajstić information content (AvgIpc) is 2.68. The second kappa shape index (κ2) is 4.74. The first kappa shape index (κ1) is 13.1. The van der Waals surface area contributed by atoms with E-state index in [0.29, 0.717) is 19.6 Å². The van der Waals surface area contributed by atoms with Crippen LogP contribution in [-0.4, -0.2) is 76.5 Å². The third-order valence-electron chi connectivity index (χ3n) is 3.38. The number of aliphatic hydroxyl groups is 1. The van der Waals surface area contributed by atoms with Crippen LogP contribution in [0.3, 0.4) is 0 Å². The van der Waals surface area contributed by atoms with E-state index in [9.17, 15) is 14.7 Å². The first-order valence-corrected chi connectivity index (χ1v) is 5.99. The van der Waals surface area contributed by atoms with Crippen LogP contribution in [0.5, 0.6) is 0 Å². The normalized spacial score (nSPS) is 32.7. The number of carbonyl (C=O) groups excluding carboxylic acids is 1. The van der Waals surface area contributed by atoms with E-state index in [4.69, 9.17) is 9.84 Å². The highest BCUT2D eigenvalue weighted by Crippen LogP contribution is 2.22. The molecular formula is C11H18N2O5. The predicted molar refractivity (Wildman–Crippen MR) is 61.2 cm³/mol. The van der Waals surface area contributed by atoms with Crippen LogP contribution < -0.4 is 0 Å². The zero-order valence-electron chi connectivity index (χ0n) is 10.3. The fourth-order valence-electron chi connectivity index (χ4n) is 2.33. The number of hydrogen-bond acceptors (Lipinski definition) is 4. The lowest BCUT2D eigenvalue weighted by Crippen LogP contribution is -2.56. The third kappa shape index (κ3) is 2.56. The first-order chi connectivity index (χ1) is 8.41. The summed E-state index contributed by atoms with van der Waals surface area (Å²) in [7, 11) is 0. The van der Waals surface area contributed by atoms with E-state index < -0.39 is 17.6 Å². The summed E-state index contributed by atoms with van der Waals surface area (Å²) in [5.74, 6) is -1.06. The van der Waals surface area contributed by atoms with E-state index in [0.717, 1.165) is 0 Å². The van der Waals surface area contributed by atoms with Gasteiger partial charge in [0.2, 0.25) is 0 Å². The minimum absolute atomic E-state index is 0.0192. The van der Waals surface area contributed by atoms with Crippen molar-refractivity contribution in [1.29, 1.82) is 0 Å². The molecule has 7 heteroatoms. The van der Waals surface area contributed by atoms with Gasteiger partial charge in [-0.2, -0.15) is 0 Å². The third-order valence-corrected chi connectivity index (χ3v) is 3.38. The Kier molecular flexibility index (Phi) is 3.45. The van der Waals surface area contributed by atoms with Gasteiger partial charge in [-0.05, 0) is 13.3 Å². The maximum atomic E-state index is 12.2. The molecule has 2 amide bonds. The van der Waals surface area contributed by atoms with Crippen molar-refractivity contribution in [2.75, 3.05) is 32.8 Å². The first-order valence-electron chi connectivity index (χ1n) is 5.99. The summed E-state index contributed by atoms with van der Waals surface area (Å²) in [6.45, 7) is 3.01. The molecule has 0 bridgehead atoms. The molecule has 7 nitrogen and oxygen atoms in total. The monoisotopic (exact) mass is 258 g/mol. The number of ether oxygens (including phenoxy) is 1. The van der Waals surface area contributed by atoms with Crippen LogP contribution in [0.1, 0.15) is 13.3 Å². The molecule has 0 aromatic rings. The van der Waals surface area contributed by atoms with Gasteiger partial charge in [-0.15, -0.1) is 0 Å².